The molecule has 164 valence electrons. The molecule has 2 N–H and O–H groups in total. The lowest BCUT2D eigenvalue weighted by atomic mass is 9.84. The van der Waals surface area contributed by atoms with Crippen molar-refractivity contribution in [2.24, 2.45) is 5.92 Å². The van der Waals surface area contributed by atoms with Gasteiger partial charge in [0.1, 0.15) is 31.0 Å². The summed E-state index contributed by atoms with van der Waals surface area (Å²) in [6.45, 7) is 9.88. The van der Waals surface area contributed by atoms with Gasteiger partial charge in [-0.15, -0.1) is 0 Å². The van der Waals surface area contributed by atoms with Crippen molar-refractivity contribution in [3.05, 3.63) is 47.1 Å². The Kier molecular flexibility index (Phi) is 7.75. The molecular weight excluding hydrogens is 392 g/mol. The van der Waals surface area contributed by atoms with E-state index in [0.29, 0.717) is 11.1 Å². The fraction of sp³-hybridized carbons (Fsp3) is 0.500. The molecule has 5 unspecified atom stereocenters. The van der Waals surface area contributed by atoms with Crippen molar-refractivity contribution in [3.8, 4) is 0 Å². The molecular formula is C22H28O8. The Morgan fingerprint density at radius 2 is 1.93 bits per heavy atom. The minimum Gasteiger partial charge on any atom is -0.462 e. The van der Waals surface area contributed by atoms with E-state index in [4.69, 9.17) is 14.2 Å². The van der Waals surface area contributed by atoms with Crippen LogP contribution in [0, 0.1) is 5.92 Å². The monoisotopic (exact) mass is 420 g/mol. The average Bonchev–Trinajstić information content (AvgIpc) is 2.92. The zero-order valence-electron chi connectivity index (χ0n) is 17.6. The number of carbonyl (C=O) groups excluding carboxylic acids is 3. The number of aliphatic hydroxyl groups excluding tert-OH is 2. The van der Waals surface area contributed by atoms with E-state index in [2.05, 4.69) is 6.58 Å². The van der Waals surface area contributed by atoms with Crippen molar-refractivity contribution in [1.29, 1.82) is 0 Å². The van der Waals surface area contributed by atoms with Crippen LogP contribution in [0.15, 0.2) is 47.1 Å². The van der Waals surface area contributed by atoms with E-state index in [-0.39, 0.29) is 24.2 Å². The van der Waals surface area contributed by atoms with Gasteiger partial charge >= 0.3 is 17.9 Å². The number of fused-ring (bicyclic) bond motifs is 1. The topological polar surface area (TPSA) is 119 Å². The number of hydrogen-bond acceptors (Lipinski definition) is 8. The number of esters is 3. The third-order valence-corrected chi connectivity index (χ3v) is 5.11. The van der Waals surface area contributed by atoms with Crippen LogP contribution in [0.2, 0.25) is 0 Å². The van der Waals surface area contributed by atoms with E-state index < -0.39 is 48.2 Å². The summed E-state index contributed by atoms with van der Waals surface area (Å²) in [7, 11) is 0. The van der Waals surface area contributed by atoms with Crippen LogP contribution in [0.5, 0.6) is 0 Å². The summed E-state index contributed by atoms with van der Waals surface area (Å²) in [6, 6.07) is 0. The van der Waals surface area contributed by atoms with Gasteiger partial charge in [-0.1, -0.05) is 18.2 Å². The third kappa shape index (κ3) is 5.67. The smallest absolute Gasteiger partial charge is 0.334 e. The lowest BCUT2D eigenvalue weighted by molar-refractivity contribution is -0.147. The molecule has 0 aromatic heterocycles. The Morgan fingerprint density at radius 3 is 2.57 bits per heavy atom. The summed E-state index contributed by atoms with van der Waals surface area (Å²) in [5.41, 5.74) is 1.51. The predicted octanol–water partition coefficient (Wildman–Crippen LogP) is 1.52. The van der Waals surface area contributed by atoms with Crippen LogP contribution < -0.4 is 0 Å². The lowest BCUT2D eigenvalue weighted by Gasteiger charge is -2.29. The molecule has 1 saturated heterocycles. The molecule has 0 aromatic rings. The highest BCUT2D eigenvalue weighted by Crippen LogP contribution is 2.36. The molecule has 30 heavy (non-hydrogen) atoms. The molecule has 1 fully saturated rings. The Hall–Kier alpha value is -2.71. The summed E-state index contributed by atoms with van der Waals surface area (Å²) in [6.07, 6.45) is 0.788. The molecule has 0 spiro atoms. The number of ether oxygens (including phenoxy) is 3. The first-order chi connectivity index (χ1) is 14.0. The quantitative estimate of drug-likeness (QED) is 0.304. The second-order valence-corrected chi connectivity index (χ2v) is 7.62. The molecule has 8 heteroatoms. The highest BCUT2D eigenvalue weighted by Gasteiger charge is 2.45. The number of hydrogen-bond donors (Lipinski definition) is 2. The van der Waals surface area contributed by atoms with E-state index in [1.54, 1.807) is 19.9 Å². The molecule has 2 aliphatic rings. The molecule has 0 bridgehead atoms. The number of carbonyl (C=O) groups is 3. The van der Waals surface area contributed by atoms with Gasteiger partial charge in [-0.05, 0) is 38.5 Å². The molecule has 0 radical (unpaired) electrons. The second kappa shape index (κ2) is 9.86. The largest absolute Gasteiger partial charge is 0.462 e. The Morgan fingerprint density at radius 1 is 1.27 bits per heavy atom. The SMILES string of the molecule is C=C1C(=O)OC2C=C(C)C(O)C(O)C=C(C)CC(OC(=O)C(C)=CCOC(C)=O)C12. The summed E-state index contributed by atoms with van der Waals surface area (Å²) in [5, 5.41) is 20.5. The first-order valence-electron chi connectivity index (χ1n) is 9.63. The van der Waals surface area contributed by atoms with Crippen LogP contribution in [-0.2, 0) is 28.6 Å². The Bertz CT molecular complexity index is 819. The Balaban J connectivity index is 2.34. The van der Waals surface area contributed by atoms with Gasteiger partial charge in [0.25, 0.3) is 0 Å². The van der Waals surface area contributed by atoms with Crippen molar-refractivity contribution in [1.82, 2.24) is 0 Å². The zero-order chi connectivity index (χ0) is 22.6. The second-order valence-electron chi connectivity index (χ2n) is 7.62. The van der Waals surface area contributed by atoms with Gasteiger partial charge in [0.15, 0.2) is 0 Å². The highest BCUT2D eigenvalue weighted by molar-refractivity contribution is 5.92. The molecule has 1 aliphatic carbocycles. The number of rotatable bonds is 4. The number of aliphatic hydroxyl groups is 2. The fourth-order valence-electron chi connectivity index (χ4n) is 3.42. The minimum atomic E-state index is -1.15. The molecule has 0 amide bonds. The first kappa shape index (κ1) is 23.6. The summed E-state index contributed by atoms with van der Waals surface area (Å²) in [5.74, 6) is -2.36. The van der Waals surface area contributed by atoms with E-state index in [1.807, 2.05) is 0 Å². The van der Waals surface area contributed by atoms with Gasteiger partial charge in [-0.3, -0.25) is 4.79 Å². The minimum absolute atomic E-state index is 0.0633. The molecule has 8 nitrogen and oxygen atoms in total. The molecule has 1 heterocycles. The molecule has 5 atom stereocenters. The average molecular weight is 420 g/mol. The van der Waals surface area contributed by atoms with Gasteiger partial charge in [0.05, 0.1) is 5.92 Å². The Labute approximate surface area is 175 Å². The van der Waals surface area contributed by atoms with Crippen LogP contribution in [0.1, 0.15) is 34.1 Å². The van der Waals surface area contributed by atoms with Gasteiger partial charge < -0.3 is 24.4 Å². The van der Waals surface area contributed by atoms with E-state index in [9.17, 15) is 24.6 Å². The maximum atomic E-state index is 12.6. The van der Waals surface area contributed by atoms with Crippen LogP contribution in [0.3, 0.4) is 0 Å². The maximum absolute atomic E-state index is 12.6. The summed E-state index contributed by atoms with van der Waals surface area (Å²) >= 11 is 0. The highest BCUT2D eigenvalue weighted by atomic mass is 16.6. The van der Waals surface area contributed by atoms with Crippen LogP contribution >= 0.6 is 0 Å². The first-order valence-corrected chi connectivity index (χ1v) is 9.63. The van der Waals surface area contributed by atoms with Gasteiger partial charge in [-0.2, -0.15) is 0 Å². The summed E-state index contributed by atoms with van der Waals surface area (Å²) < 4.78 is 15.9. The normalized spacial score (nSPS) is 29.9. The van der Waals surface area contributed by atoms with Crippen molar-refractivity contribution >= 4 is 17.9 Å². The van der Waals surface area contributed by atoms with E-state index in [0.717, 1.165) is 0 Å². The van der Waals surface area contributed by atoms with E-state index in [1.165, 1.54) is 26.0 Å². The zero-order valence-corrected chi connectivity index (χ0v) is 17.6. The molecule has 2 rings (SSSR count). The summed E-state index contributed by atoms with van der Waals surface area (Å²) in [4.78, 5) is 35.6. The van der Waals surface area contributed by atoms with Crippen molar-refractivity contribution in [3.63, 3.8) is 0 Å². The predicted molar refractivity (Wildman–Crippen MR) is 107 cm³/mol. The van der Waals surface area contributed by atoms with Crippen molar-refractivity contribution in [2.45, 2.75) is 58.5 Å². The fourth-order valence-corrected chi connectivity index (χ4v) is 3.42. The van der Waals surface area contributed by atoms with Crippen molar-refractivity contribution < 1.29 is 38.8 Å². The van der Waals surface area contributed by atoms with Crippen molar-refractivity contribution in [2.75, 3.05) is 6.61 Å². The van der Waals surface area contributed by atoms with Crippen LogP contribution in [0.4, 0.5) is 0 Å². The van der Waals surface area contributed by atoms with Crippen LogP contribution in [0.25, 0.3) is 0 Å². The molecule has 1 aliphatic heterocycles. The molecule has 0 aromatic carbocycles. The standard InChI is InChI=1S/C22H28O8/c1-11-8-16(24)20(25)13(3)10-18-19(14(4)22(27)30-18)17(9-11)29-21(26)12(2)6-7-28-15(5)23/h6,8,10,16-20,24-25H,4,7,9H2,1-3,5H3. The third-order valence-electron chi connectivity index (χ3n) is 5.11. The van der Waals surface area contributed by atoms with E-state index >= 15 is 0 Å². The lowest BCUT2D eigenvalue weighted by Crippen LogP contribution is -2.35. The van der Waals surface area contributed by atoms with Gasteiger partial charge in [0, 0.05) is 24.5 Å². The molecule has 0 saturated carbocycles. The van der Waals surface area contributed by atoms with Crippen LogP contribution in [-0.4, -0.2) is 59.1 Å². The van der Waals surface area contributed by atoms with Gasteiger partial charge in [-0.25, -0.2) is 9.59 Å². The van der Waals surface area contributed by atoms with Gasteiger partial charge in [0.2, 0.25) is 0 Å². The maximum Gasteiger partial charge on any atom is 0.334 e.